The van der Waals surface area contributed by atoms with Crippen molar-refractivity contribution in [3.8, 4) is 23.2 Å². The van der Waals surface area contributed by atoms with Crippen LogP contribution < -0.4 is 15.4 Å². The van der Waals surface area contributed by atoms with Crippen LogP contribution in [0.2, 0.25) is 0 Å². The zero-order valence-corrected chi connectivity index (χ0v) is 16.3. The number of hydrogen-bond acceptors (Lipinski definition) is 6. The highest BCUT2D eigenvalue weighted by atomic mass is 16.5. The van der Waals surface area contributed by atoms with Gasteiger partial charge in [-0.3, -0.25) is 5.10 Å². The van der Waals surface area contributed by atoms with Gasteiger partial charge in [-0.15, -0.1) is 5.10 Å². The van der Waals surface area contributed by atoms with Gasteiger partial charge in [0.25, 0.3) is 0 Å². The van der Waals surface area contributed by atoms with Crippen LogP contribution >= 0.6 is 0 Å². The van der Waals surface area contributed by atoms with E-state index in [4.69, 9.17) is 15.2 Å². The minimum atomic E-state index is -0.355. The average molecular weight is 399 g/mol. The maximum atomic E-state index is 9.86. The van der Waals surface area contributed by atoms with E-state index < -0.39 is 0 Å². The molecule has 30 heavy (non-hydrogen) atoms. The molecule has 3 heterocycles. The Hall–Kier alpha value is -3.76. The lowest BCUT2D eigenvalue weighted by molar-refractivity contribution is 0.122. The van der Waals surface area contributed by atoms with Crippen molar-refractivity contribution in [1.29, 1.82) is 5.26 Å². The molecule has 7 heteroatoms. The summed E-state index contributed by atoms with van der Waals surface area (Å²) in [5, 5.41) is 17.3. The monoisotopic (exact) mass is 399 g/mol. The number of anilines is 1. The first-order valence-electron chi connectivity index (χ1n) is 9.90. The van der Waals surface area contributed by atoms with Crippen LogP contribution in [0, 0.1) is 11.3 Å². The molecule has 0 saturated carbocycles. The number of nitrogens with two attached hydrogens (primary N) is 1. The lowest BCUT2D eigenvalue weighted by Crippen LogP contribution is -2.36. The van der Waals surface area contributed by atoms with E-state index in [-0.39, 0.29) is 11.8 Å². The van der Waals surface area contributed by atoms with Crippen LogP contribution in [0.15, 0.2) is 66.1 Å². The molecule has 1 atom stereocenters. The SMILES string of the molecule is N#CC1=C(N)Oc2n[nH]c(-c3ccccc3)c2C1c1ccc(N2CCOCC2)cc1. The Labute approximate surface area is 174 Å². The molecule has 7 nitrogen and oxygen atoms in total. The van der Waals surface area contributed by atoms with Gasteiger partial charge < -0.3 is 20.1 Å². The molecule has 150 valence electrons. The van der Waals surface area contributed by atoms with E-state index in [9.17, 15) is 5.26 Å². The summed E-state index contributed by atoms with van der Waals surface area (Å²) in [6.07, 6.45) is 0. The molecule has 0 aliphatic carbocycles. The number of nitriles is 1. The molecule has 3 N–H and O–H groups in total. The summed E-state index contributed by atoms with van der Waals surface area (Å²) in [4.78, 5) is 2.30. The Balaban J connectivity index is 1.59. The van der Waals surface area contributed by atoms with Crippen molar-refractivity contribution in [3.05, 3.63) is 77.2 Å². The summed E-state index contributed by atoms with van der Waals surface area (Å²) in [6.45, 7) is 3.21. The summed E-state index contributed by atoms with van der Waals surface area (Å²) < 4.78 is 11.1. The zero-order valence-electron chi connectivity index (χ0n) is 16.3. The van der Waals surface area contributed by atoms with E-state index in [1.165, 1.54) is 0 Å². The van der Waals surface area contributed by atoms with Crippen molar-refractivity contribution in [3.63, 3.8) is 0 Å². The predicted molar refractivity (Wildman–Crippen MR) is 113 cm³/mol. The van der Waals surface area contributed by atoms with Crippen LogP contribution in [-0.2, 0) is 4.74 Å². The van der Waals surface area contributed by atoms with Gasteiger partial charge in [-0.2, -0.15) is 5.26 Å². The zero-order chi connectivity index (χ0) is 20.5. The van der Waals surface area contributed by atoms with E-state index in [1.807, 2.05) is 30.3 Å². The highest BCUT2D eigenvalue weighted by molar-refractivity contribution is 5.71. The molecule has 5 rings (SSSR count). The molecule has 1 saturated heterocycles. The third-order valence-corrected chi connectivity index (χ3v) is 5.60. The van der Waals surface area contributed by atoms with Crippen molar-refractivity contribution in [2.45, 2.75) is 5.92 Å². The van der Waals surface area contributed by atoms with Crippen LogP contribution in [0.4, 0.5) is 5.69 Å². The highest BCUT2D eigenvalue weighted by Crippen LogP contribution is 2.45. The number of hydrogen-bond donors (Lipinski definition) is 2. The van der Waals surface area contributed by atoms with Crippen molar-refractivity contribution in [1.82, 2.24) is 10.2 Å². The third kappa shape index (κ3) is 3.08. The smallest absolute Gasteiger partial charge is 0.244 e. The molecule has 2 aliphatic rings. The molecule has 1 fully saturated rings. The summed E-state index contributed by atoms with van der Waals surface area (Å²) in [5.74, 6) is 0.150. The number of benzene rings is 2. The molecule has 0 amide bonds. The van der Waals surface area contributed by atoms with E-state index in [0.717, 1.165) is 54.4 Å². The Bertz CT molecular complexity index is 1120. The number of rotatable bonds is 3. The molecular weight excluding hydrogens is 378 g/mol. The van der Waals surface area contributed by atoms with Gasteiger partial charge in [0, 0.05) is 18.8 Å². The average Bonchev–Trinajstić information content (AvgIpc) is 3.23. The van der Waals surface area contributed by atoms with Crippen LogP contribution in [0.1, 0.15) is 17.0 Å². The second-order valence-electron chi connectivity index (χ2n) is 7.30. The Morgan fingerprint density at radius 2 is 1.80 bits per heavy atom. The quantitative estimate of drug-likeness (QED) is 0.702. The minimum Gasteiger partial charge on any atom is -0.420 e. The number of aromatic nitrogens is 2. The number of fused-ring (bicyclic) bond motifs is 1. The van der Waals surface area contributed by atoms with Crippen molar-refractivity contribution < 1.29 is 9.47 Å². The largest absolute Gasteiger partial charge is 0.420 e. The fraction of sp³-hybridized carbons (Fsp3) is 0.217. The Kier molecular flexibility index (Phi) is 4.62. The van der Waals surface area contributed by atoms with E-state index in [0.29, 0.717) is 11.5 Å². The van der Waals surface area contributed by atoms with E-state index in [1.54, 1.807) is 0 Å². The number of ether oxygens (including phenoxy) is 2. The number of morpholine rings is 1. The number of aromatic amines is 1. The fourth-order valence-corrected chi connectivity index (χ4v) is 4.10. The fourth-order valence-electron chi connectivity index (χ4n) is 4.10. The Morgan fingerprint density at radius 3 is 2.50 bits per heavy atom. The van der Waals surface area contributed by atoms with Gasteiger partial charge in [0.2, 0.25) is 11.8 Å². The van der Waals surface area contributed by atoms with Crippen molar-refractivity contribution in [2.75, 3.05) is 31.2 Å². The predicted octanol–water partition coefficient (Wildman–Crippen LogP) is 3.13. The summed E-state index contributed by atoms with van der Waals surface area (Å²) in [5.41, 5.74) is 11.2. The number of allylic oxidation sites excluding steroid dienone is 1. The summed E-state index contributed by atoms with van der Waals surface area (Å²) in [6, 6.07) is 20.4. The lowest BCUT2D eigenvalue weighted by Gasteiger charge is -2.29. The third-order valence-electron chi connectivity index (χ3n) is 5.60. The van der Waals surface area contributed by atoms with Crippen LogP contribution in [0.25, 0.3) is 11.3 Å². The van der Waals surface area contributed by atoms with Gasteiger partial charge in [0.15, 0.2) is 0 Å². The van der Waals surface area contributed by atoms with E-state index in [2.05, 4.69) is 45.4 Å². The number of nitrogens with one attached hydrogen (secondary N) is 1. The standard InChI is InChI=1S/C23H21N5O2/c24-14-18-19(15-6-8-17(9-7-15)28-10-12-29-13-11-28)20-21(16-4-2-1-3-5-16)26-27-23(20)30-22(18)25/h1-9,19H,10-13,25H2,(H,26,27). The number of H-pyrrole nitrogens is 1. The maximum Gasteiger partial charge on any atom is 0.244 e. The second-order valence-corrected chi connectivity index (χ2v) is 7.30. The molecule has 3 aromatic rings. The first-order chi connectivity index (χ1) is 14.8. The van der Waals surface area contributed by atoms with Gasteiger partial charge >= 0.3 is 0 Å². The lowest BCUT2D eigenvalue weighted by atomic mass is 9.83. The second kappa shape index (κ2) is 7.58. The van der Waals surface area contributed by atoms with Crippen LogP contribution in [0.3, 0.4) is 0 Å². The topological polar surface area (TPSA) is 100 Å². The molecule has 1 aromatic heterocycles. The van der Waals surface area contributed by atoms with Gasteiger partial charge in [-0.25, -0.2) is 0 Å². The number of nitrogens with zero attached hydrogens (tertiary/aromatic N) is 3. The van der Waals surface area contributed by atoms with Gasteiger partial charge in [-0.1, -0.05) is 42.5 Å². The molecule has 0 spiro atoms. The first kappa shape index (κ1) is 18.3. The highest BCUT2D eigenvalue weighted by Gasteiger charge is 2.35. The molecule has 0 radical (unpaired) electrons. The van der Waals surface area contributed by atoms with Gasteiger partial charge in [0.05, 0.1) is 30.4 Å². The van der Waals surface area contributed by atoms with Crippen LogP contribution in [-0.4, -0.2) is 36.5 Å². The molecule has 2 aromatic carbocycles. The molecular formula is C23H21N5O2. The molecule has 1 unspecified atom stereocenters. The van der Waals surface area contributed by atoms with Gasteiger partial charge in [0.1, 0.15) is 11.6 Å². The molecule has 0 bridgehead atoms. The minimum absolute atomic E-state index is 0.0957. The van der Waals surface area contributed by atoms with Crippen molar-refractivity contribution in [2.24, 2.45) is 5.73 Å². The normalized spacial score (nSPS) is 18.5. The summed E-state index contributed by atoms with van der Waals surface area (Å²) >= 11 is 0. The first-order valence-corrected chi connectivity index (χ1v) is 9.90. The van der Waals surface area contributed by atoms with Gasteiger partial charge in [-0.05, 0) is 23.3 Å². The van der Waals surface area contributed by atoms with Crippen molar-refractivity contribution >= 4 is 5.69 Å². The maximum absolute atomic E-state index is 9.86. The molecule has 2 aliphatic heterocycles. The Morgan fingerprint density at radius 1 is 1.07 bits per heavy atom. The summed E-state index contributed by atoms with van der Waals surface area (Å²) in [7, 11) is 0. The van der Waals surface area contributed by atoms with Crippen LogP contribution in [0.5, 0.6) is 5.88 Å². The van der Waals surface area contributed by atoms with E-state index >= 15 is 0 Å².